The number of carbonyl (C=O) groups is 1. The summed E-state index contributed by atoms with van der Waals surface area (Å²) in [6.45, 7) is 3.75. The van der Waals surface area contributed by atoms with Crippen LogP contribution in [-0.2, 0) is 4.79 Å². The van der Waals surface area contributed by atoms with Crippen molar-refractivity contribution >= 4 is 17.3 Å². The van der Waals surface area contributed by atoms with Gasteiger partial charge in [-0.25, -0.2) is 4.39 Å². The van der Waals surface area contributed by atoms with E-state index in [1.807, 2.05) is 0 Å². The standard InChI is InChI=1S/C24H32FN5O3/c25-20-10-15(30(32)33)4-6-22(20)29-13-16-9-17(29)12-28(16)11-14-3-5-18-21(8-14)27-24(31)19-2-1-7-26-23(18)19/h4,6,10,14,16-19,21,23,26H,1-3,5,7-9,11-13H2,(H,27,31)/t14?,16-,17-,18?,19?,21?,23?/m0/s1. The number of likely N-dealkylation sites (tertiary alicyclic amines) is 1. The van der Waals surface area contributed by atoms with Crippen LogP contribution in [0.5, 0.6) is 0 Å². The predicted octanol–water partition coefficient (Wildman–Crippen LogP) is 2.28. The fourth-order valence-electron chi connectivity index (χ4n) is 7.43. The summed E-state index contributed by atoms with van der Waals surface area (Å²) in [4.78, 5) is 27.7. The van der Waals surface area contributed by atoms with Crippen molar-refractivity contribution in [3.8, 4) is 0 Å². The van der Waals surface area contributed by atoms with Crippen LogP contribution in [0.25, 0.3) is 0 Å². The number of nitrogens with zero attached hydrogens (tertiary/aromatic N) is 3. The first-order valence-corrected chi connectivity index (χ1v) is 12.5. The molecule has 6 rings (SSSR count). The number of non-ortho nitro benzene ring substituents is 1. The van der Waals surface area contributed by atoms with E-state index >= 15 is 0 Å². The number of amides is 1. The number of hydrogen-bond acceptors (Lipinski definition) is 6. The molecule has 1 amide bonds. The molecule has 5 fully saturated rings. The van der Waals surface area contributed by atoms with Crippen molar-refractivity contribution in [1.82, 2.24) is 15.5 Å². The minimum atomic E-state index is -0.557. The van der Waals surface area contributed by atoms with E-state index in [-0.39, 0.29) is 29.6 Å². The lowest BCUT2D eigenvalue weighted by Gasteiger charge is -2.50. The predicted molar refractivity (Wildman–Crippen MR) is 121 cm³/mol. The monoisotopic (exact) mass is 457 g/mol. The summed E-state index contributed by atoms with van der Waals surface area (Å²) >= 11 is 0. The minimum Gasteiger partial charge on any atom is -0.363 e. The van der Waals surface area contributed by atoms with Gasteiger partial charge in [-0.2, -0.15) is 0 Å². The summed E-state index contributed by atoms with van der Waals surface area (Å²) in [5.41, 5.74) is 0.273. The number of nitro benzene ring substituents is 1. The molecule has 4 aliphatic heterocycles. The normalized spacial score (nSPS) is 38.0. The van der Waals surface area contributed by atoms with Gasteiger partial charge in [0.05, 0.1) is 22.6 Å². The minimum absolute atomic E-state index is 0.150. The molecule has 9 heteroatoms. The topological polar surface area (TPSA) is 90.8 Å². The van der Waals surface area contributed by atoms with Crippen LogP contribution in [0.15, 0.2) is 18.2 Å². The van der Waals surface area contributed by atoms with Gasteiger partial charge in [0.2, 0.25) is 5.91 Å². The lowest BCUT2D eigenvalue weighted by atomic mass is 9.67. The molecule has 4 saturated heterocycles. The zero-order chi connectivity index (χ0) is 22.7. The first-order valence-electron chi connectivity index (χ1n) is 12.5. The first kappa shape index (κ1) is 21.3. The Morgan fingerprint density at radius 1 is 1.15 bits per heavy atom. The van der Waals surface area contributed by atoms with E-state index in [0.717, 1.165) is 57.9 Å². The van der Waals surface area contributed by atoms with Crippen molar-refractivity contribution in [3.05, 3.63) is 34.1 Å². The SMILES string of the molecule is O=C1NC2CC(CN3C[C@@H]4C[C@H]3CN4c3ccc([N+](=O)[O-])cc3F)CCC2C2NCCCC12. The summed E-state index contributed by atoms with van der Waals surface area (Å²) < 4.78 is 14.6. The van der Waals surface area contributed by atoms with Gasteiger partial charge in [0, 0.05) is 49.9 Å². The number of piperidine rings is 2. The molecule has 0 aromatic heterocycles. The Morgan fingerprint density at radius 2 is 2.03 bits per heavy atom. The average Bonchev–Trinajstić information content (AvgIpc) is 3.39. The lowest BCUT2D eigenvalue weighted by molar-refractivity contribution is -0.385. The van der Waals surface area contributed by atoms with Crippen molar-refractivity contribution in [2.75, 3.05) is 31.1 Å². The number of piperazine rings is 1. The largest absolute Gasteiger partial charge is 0.363 e. The second-order valence-corrected chi connectivity index (χ2v) is 10.7. The van der Waals surface area contributed by atoms with E-state index in [1.165, 1.54) is 18.9 Å². The van der Waals surface area contributed by atoms with Crippen LogP contribution in [0.1, 0.15) is 38.5 Å². The summed E-state index contributed by atoms with van der Waals surface area (Å²) in [6, 6.07) is 5.27. The highest BCUT2D eigenvalue weighted by atomic mass is 19.1. The average molecular weight is 458 g/mol. The molecule has 2 N–H and O–H groups in total. The second kappa shape index (κ2) is 8.20. The molecule has 4 heterocycles. The van der Waals surface area contributed by atoms with Crippen LogP contribution in [0.4, 0.5) is 15.8 Å². The highest BCUT2D eigenvalue weighted by molar-refractivity contribution is 5.81. The van der Waals surface area contributed by atoms with Gasteiger partial charge < -0.3 is 15.5 Å². The maximum absolute atomic E-state index is 14.6. The Morgan fingerprint density at radius 3 is 2.79 bits per heavy atom. The highest BCUT2D eigenvalue weighted by Crippen LogP contribution is 2.41. The maximum Gasteiger partial charge on any atom is 0.272 e. The zero-order valence-electron chi connectivity index (χ0n) is 18.8. The molecule has 5 aliphatic rings. The van der Waals surface area contributed by atoms with Gasteiger partial charge in [-0.3, -0.25) is 19.8 Å². The molecule has 0 spiro atoms. The summed E-state index contributed by atoms with van der Waals surface area (Å²) in [5.74, 6) is 1.02. The number of carbonyl (C=O) groups excluding carboxylic acids is 1. The molecule has 2 bridgehead atoms. The Hall–Kier alpha value is -2.26. The third-order valence-corrected chi connectivity index (χ3v) is 8.94. The third kappa shape index (κ3) is 3.69. The van der Waals surface area contributed by atoms with Gasteiger partial charge in [-0.15, -0.1) is 0 Å². The number of rotatable bonds is 4. The molecule has 8 nitrogen and oxygen atoms in total. The van der Waals surface area contributed by atoms with Crippen molar-refractivity contribution in [3.63, 3.8) is 0 Å². The third-order valence-electron chi connectivity index (χ3n) is 8.94. The maximum atomic E-state index is 14.6. The van der Waals surface area contributed by atoms with Crippen LogP contribution >= 0.6 is 0 Å². The Kier molecular flexibility index (Phi) is 5.29. The van der Waals surface area contributed by atoms with E-state index in [4.69, 9.17) is 0 Å². The van der Waals surface area contributed by atoms with E-state index < -0.39 is 10.7 Å². The van der Waals surface area contributed by atoms with Crippen LogP contribution < -0.4 is 15.5 Å². The van der Waals surface area contributed by atoms with Gasteiger partial charge in [-0.05, 0) is 63.0 Å². The van der Waals surface area contributed by atoms with Gasteiger partial charge in [0.15, 0.2) is 5.82 Å². The first-order chi connectivity index (χ1) is 16.0. The van der Waals surface area contributed by atoms with Crippen molar-refractivity contribution in [2.45, 2.75) is 62.7 Å². The number of anilines is 1. The smallest absolute Gasteiger partial charge is 0.272 e. The molecule has 1 aromatic rings. The molecule has 7 atom stereocenters. The molecular formula is C24H32FN5O3. The van der Waals surface area contributed by atoms with Crippen molar-refractivity contribution < 1.29 is 14.1 Å². The fraction of sp³-hybridized carbons (Fsp3) is 0.708. The molecule has 5 unspecified atom stereocenters. The summed E-state index contributed by atoms with van der Waals surface area (Å²) in [7, 11) is 0. The number of nitrogens with one attached hydrogen (secondary N) is 2. The second-order valence-electron chi connectivity index (χ2n) is 10.7. The molecule has 0 radical (unpaired) electrons. The number of hydrogen-bond donors (Lipinski definition) is 2. The van der Waals surface area contributed by atoms with Crippen LogP contribution in [0.3, 0.4) is 0 Å². The molecule has 1 saturated carbocycles. The van der Waals surface area contributed by atoms with Gasteiger partial charge >= 0.3 is 0 Å². The van der Waals surface area contributed by atoms with Crippen LogP contribution in [-0.4, -0.2) is 66.1 Å². The molecule has 1 aromatic carbocycles. The summed E-state index contributed by atoms with van der Waals surface area (Å²) in [6.07, 6.45) is 6.55. The van der Waals surface area contributed by atoms with Crippen LogP contribution in [0, 0.1) is 33.7 Å². The molecule has 1 aliphatic carbocycles. The van der Waals surface area contributed by atoms with E-state index in [2.05, 4.69) is 20.4 Å². The van der Waals surface area contributed by atoms with E-state index in [9.17, 15) is 19.3 Å². The van der Waals surface area contributed by atoms with Crippen molar-refractivity contribution in [1.29, 1.82) is 0 Å². The fourth-order valence-corrected chi connectivity index (χ4v) is 7.43. The quantitative estimate of drug-likeness (QED) is 0.533. The van der Waals surface area contributed by atoms with Crippen LogP contribution in [0.2, 0.25) is 0 Å². The molecule has 178 valence electrons. The number of halogens is 1. The lowest BCUT2D eigenvalue weighted by Crippen LogP contribution is -2.64. The van der Waals surface area contributed by atoms with Gasteiger partial charge in [-0.1, -0.05) is 0 Å². The molecule has 33 heavy (non-hydrogen) atoms. The van der Waals surface area contributed by atoms with Gasteiger partial charge in [0.1, 0.15) is 0 Å². The number of benzene rings is 1. The van der Waals surface area contributed by atoms with E-state index in [1.54, 1.807) is 6.07 Å². The van der Waals surface area contributed by atoms with E-state index in [0.29, 0.717) is 29.6 Å². The Bertz CT molecular complexity index is 960. The Balaban J connectivity index is 1.07. The summed E-state index contributed by atoms with van der Waals surface area (Å²) in [5, 5.41) is 17.9. The Labute approximate surface area is 193 Å². The number of fused-ring (bicyclic) bond motifs is 5. The van der Waals surface area contributed by atoms with Crippen molar-refractivity contribution in [2.24, 2.45) is 17.8 Å². The number of nitro groups is 1. The van der Waals surface area contributed by atoms with Gasteiger partial charge in [0.25, 0.3) is 5.69 Å². The molecular weight excluding hydrogens is 425 g/mol. The zero-order valence-corrected chi connectivity index (χ0v) is 18.8. The highest BCUT2D eigenvalue weighted by Gasteiger charge is 2.49.